The summed E-state index contributed by atoms with van der Waals surface area (Å²) in [5.41, 5.74) is 5.21. The predicted molar refractivity (Wildman–Crippen MR) is 189 cm³/mol. The first-order chi connectivity index (χ1) is 22.7. The van der Waals surface area contributed by atoms with E-state index in [0.29, 0.717) is 67.0 Å². The van der Waals surface area contributed by atoms with E-state index >= 15 is 0 Å². The molecule has 3 heterocycles. The maximum Gasteiger partial charge on any atom is 0.255 e. The number of anilines is 3. The molecular weight excluding hydrogens is 635 g/mol. The van der Waals surface area contributed by atoms with Crippen molar-refractivity contribution in [2.45, 2.75) is 32.7 Å². The molecule has 3 aliphatic heterocycles. The van der Waals surface area contributed by atoms with E-state index in [4.69, 9.17) is 23.2 Å². The second-order valence-electron chi connectivity index (χ2n) is 12.6. The summed E-state index contributed by atoms with van der Waals surface area (Å²) in [6, 6.07) is 19.5. The van der Waals surface area contributed by atoms with Gasteiger partial charge in [0.05, 0.1) is 6.42 Å². The third-order valence-corrected chi connectivity index (χ3v) is 10.1. The number of carbonyl (C=O) groups excluding carboxylic acids is 3. The van der Waals surface area contributed by atoms with E-state index in [2.05, 4.69) is 26.1 Å². The molecule has 0 aromatic heterocycles. The molecule has 3 aromatic rings. The second-order valence-corrected chi connectivity index (χ2v) is 13.4. The number of amides is 3. The van der Waals surface area contributed by atoms with E-state index in [0.717, 1.165) is 48.8 Å². The van der Waals surface area contributed by atoms with Gasteiger partial charge >= 0.3 is 0 Å². The average molecular weight is 678 g/mol. The standard InChI is InChI=1S/C36H42Cl2N6O3/c1-26(45)41-15-13-40(14-16-41)25-27-21-33(37)32(34(38)22-27)24-35(46)44-19-17-43(18-20-44)30-9-7-28(8-10-30)36(47)39-29-5-4-6-31(23-29)42-11-2-3-12-42/h4-10,21-23H,2-3,11-20,24-25H2,1H3,(H,39,47). The molecule has 47 heavy (non-hydrogen) atoms. The summed E-state index contributed by atoms with van der Waals surface area (Å²) in [6.07, 6.45) is 2.56. The van der Waals surface area contributed by atoms with Crippen molar-refractivity contribution in [1.29, 1.82) is 0 Å². The predicted octanol–water partition coefficient (Wildman–Crippen LogP) is 5.40. The first kappa shape index (κ1) is 33.1. The minimum absolute atomic E-state index is 0.00220. The zero-order valence-corrected chi connectivity index (χ0v) is 28.4. The molecule has 0 spiro atoms. The molecule has 3 amide bonds. The maximum absolute atomic E-state index is 13.3. The van der Waals surface area contributed by atoms with Gasteiger partial charge < -0.3 is 24.9 Å². The van der Waals surface area contributed by atoms with Gasteiger partial charge in [0.1, 0.15) is 0 Å². The Balaban J connectivity index is 0.981. The van der Waals surface area contributed by atoms with Crippen LogP contribution in [0.1, 0.15) is 41.3 Å². The Morgan fingerprint density at radius 2 is 1.32 bits per heavy atom. The number of hydrogen-bond acceptors (Lipinski definition) is 6. The molecule has 3 aromatic carbocycles. The van der Waals surface area contributed by atoms with Gasteiger partial charge in [0.25, 0.3) is 5.91 Å². The normalized spacial score (nSPS) is 17.3. The van der Waals surface area contributed by atoms with Gasteiger partial charge in [0.2, 0.25) is 11.8 Å². The van der Waals surface area contributed by atoms with Crippen LogP contribution >= 0.6 is 23.2 Å². The summed E-state index contributed by atoms with van der Waals surface area (Å²) in [6.45, 7) is 10.0. The second kappa shape index (κ2) is 15.0. The van der Waals surface area contributed by atoms with Crippen LogP contribution in [0.5, 0.6) is 0 Å². The van der Waals surface area contributed by atoms with E-state index in [9.17, 15) is 14.4 Å². The monoisotopic (exact) mass is 676 g/mol. The highest BCUT2D eigenvalue weighted by atomic mass is 35.5. The van der Waals surface area contributed by atoms with Gasteiger partial charge in [-0.15, -0.1) is 0 Å². The van der Waals surface area contributed by atoms with Crippen molar-refractivity contribution < 1.29 is 14.4 Å². The quantitative estimate of drug-likeness (QED) is 0.344. The number of benzene rings is 3. The number of nitrogens with zero attached hydrogens (tertiary/aromatic N) is 5. The number of rotatable bonds is 8. The van der Waals surface area contributed by atoms with Crippen molar-refractivity contribution in [3.63, 3.8) is 0 Å². The fourth-order valence-corrected chi connectivity index (χ4v) is 7.32. The Hall–Kier alpha value is -3.79. The zero-order valence-electron chi connectivity index (χ0n) is 26.9. The summed E-state index contributed by atoms with van der Waals surface area (Å²) in [4.78, 5) is 48.4. The molecule has 0 radical (unpaired) electrons. The lowest BCUT2D eigenvalue weighted by molar-refractivity contribution is -0.131. The van der Waals surface area contributed by atoms with E-state index in [1.54, 1.807) is 6.92 Å². The fraction of sp³-hybridized carbons (Fsp3) is 0.417. The highest BCUT2D eigenvalue weighted by Gasteiger charge is 2.24. The number of halogens is 2. The highest BCUT2D eigenvalue weighted by Crippen LogP contribution is 2.29. The summed E-state index contributed by atoms with van der Waals surface area (Å²) < 4.78 is 0. The average Bonchev–Trinajstić information content (AvgIpc) is 3.62. The Morgan fingerprint density at radius 1 is 0.702 bits per heavy atom. The van der Waals surface area contributed by atoms with Crippen LogP contribution < -0.4 is 15.1 Å². The molecule has 0 saturated carbocycles. The Labute approximate surface area is 287 Å². The molecule has 9 nitrogen and oxygen atoms in total. The van der Waals surface area contributed by atoms with Gasteiger partial charge in [0, 0.05) is 112 Å². The summed E-state index contributed by atoms with van der Waals surface area (Å²) in [5.74, 6) is -0.0257. The molecule has 0 aliphatic carbocycles. The maximum atomic E-state index is 13.3. The molecule has 11 heteroatoms. The van der Waals surface area contributed by atoms with Crippen molar-refractivity contribution in [3.05, 3.63) is 87.4 Å². The van der Waals surface area contributed by atoms with Gasteiger partial charge in [0.15, 0.2) is 0 Å². The van der Waals surface area contributed by atoms with E-state index in [1.807, 2.05) is 64.4 Å². The lowest BCUT2D eigenvalue weighted by atomic mass is 10.1. The lowest BCUT2D eigenvalue weighted by Crippen LogP contribution is -2.49. The summed E-state index contributed by atoms with van der Waals surface area (Å²) in [5, 5.41) is 4.05. The van der Waals surface area contributed by atoms with Crippen molar-refractivity contribution in [1.82, 2.24) is 14.7 Å². The van der Waals surface area contributed by atoms with Crippen LogP contribution in [-0.4, -0.2) is 97.9 Å². The molecule has 0 atom stereocenters. The topological polar surface area (TPSA) is 79.4 Å². The fourth-order valence-electron chi connectivity index (χ4n) is 6.65. The van der Waals surface area contributed by atoms with Crippen molar-refractivity contribution >= 4 is 58.0 Å². The van der Waals surface area contributed by atoms with Crippen molar-refractivity contribution in [2.24, 2.45) is 0 Å². The SMILES string of the molecule is CC(=O)N1CCN(Cc2cc(Cl)c(CC(=O)N3CCN(c4ccc(C(=O)Nc5cccc(N6CCCC6)c5)cc4)CC3)c(Cl)c2)CC1. The molecule has 6 rings (SSSR count). The molecule has 1 N–H and O–H groups in total. The van der Waals surface area contributed by atoms with Crippen LogP contribution in [0.3, 0.4) is 0 Å². The van der Waals surface area contributed by atoms with Gasteiger partial charge in [-0.3, -0.25) is 19.3 Å². The van der Waals surface area contributed by atoms with Crippen LogP contribution in [0.25, 0.3) is 0 Å². The summed E-state index contributed by atoms with van der Waals surface area (Å²) >= 11 is 13.3. The van der Waals surface area contributed by atoms with Crippen LogP contribution in [0.4, 0.5) is 17.1 Å². The molecule has 248 valence electrons. The smallest absolute Gasteiger partial charge is 0.255 e. The van der Waals surface area contributed by atoms with Gasteiger partial charge in [-0.25, -0.2) is 0 Å². The molecular formula is C36H42Cl2N6O3. The number of carbonyl (C=O) groups is 3. The minimum Gasteiger partial charge on any atom is -0.371 e. The van der Waals surface area contributed by atoms with Gasteiger partial charge in [-0.05, 0) is 78.6 Å². The van der Waals surface area contributed by atoms with Crippen LogP contribution in [0.2, 0.25) is 10.0 Å². The van der Waals surface area contributed by atoms with E-state index in [1.165, 1.54) is 12.8 Å². The first-order valence-corrected chi connectivity index (χ1v) is 17.2. The molecule has 3 fully saturated rings. The lowest BCUT2D eigenvalue weighted by Gasteiger charge is -2.36. The Kier molecular flexibility index (Phi) is 10.5. The molecule has 0 bridgehead atoms. The van der Waals surface area contributed by atoms with Crippen molar-refractivity contribution in [2.75, 3.05) is 80.6 Å². The van der Waals surface area contributed by atoms with Crippen LogP contribution in [-0.2, 0) is 22.6 Å². The zero-order chi connectivity index (χ0) is 32.9. The largest absolute Gasteiger partial charge is 0.371 e. The highest BCUT2D eigenvalue weighted by molar-refractivity contribution is 6.36. The first-order valence-electron chi connectivity index (χ1n) is 16.5. The molecule has 0 unspecified atom stereocenters. The Morgan fingerprint density at radius 3 is 1.96 bits per heavy atom. The number of nitrogens with one attached hydrogen (secondary N) is 1. The van der Waals surface area contributed by atoms with Gasteiger partial charge in [-0.2, -0.15) is 0 Å². The molecule has 3 aliphatic rings. The van der Waals surface area contributed by atoms with E-state index < -0.39 is 0 Å². The molecule has 3 saturated heterocycles. The Bertz CT molecular complexity index is 1570. The van der Waals surface area contributed by atoms with Crippen LogP contribution in [0.15, 0.2) is 60.7 Å². The third-order valence-electron chi connectivity index (χ3n) is 9.45. The minimum atomic E-state index is -0.136. The van der Waals surface area contributed by atoms with E-state index in [-0.39, 0.29) is 24.1 Å². The third kappa shape index (κ3) is 8.20. The number of hydrogen-bond donors (Lipinski definition) is 1. The van der Waals surface area contributed by atoms with Crippen molar-refractivity contribution in [3.8, 4) is 0 Å². The summed E-state index contributed by atoms with van der Waals surface area (Å²) in [7, 11) is 0. The number of piperazine rings is 2. The van der Waals surface area contributed by atoms with Gasteiger partial charge in [-0.1, -0.05) is 29.3 Å². The van der Waals surface area contributed by atoms with Crippen LogP contribution in [0, 0.1) is 0 Å².